The number of benzene rings is 1. The first-order valence-electron chi connectivity index (χ1n) is 8.48. The Hall–Kier alpha value is -1.02. The molecule has 0 aliphatic heterocycles. The van der Waals surface area contributed by atoms with Crippen molar-refractivity contribution in [2.24, 2.45) is 0 Å². The van der Waals surface area contributed by atoms with Gasteiger partial charge in [-0.15, -0.1) is 0 Å². The molecule has 120 valence electrons. The van der Waals surface area contributed by atoms with Crippen molar-refractivity contribution in [3.63, 3.8) is 0 Å². The van der Waals surface area contributed by atoms with Crippen molar-refractivity contribution in [1.82, 2.24) is 5.32 Å². The third kappa shape index (κ3) is 8.11. The average molecular weight is 291 g/mol. The highest BCUT2D eigenvalue weighted by Crippen LogP contribution is 2.24. The van der Waals surface area contributed by atoms with Crippen LogP contribution in [-0.4, -0.2) is 19.7 Å². The third-order valence-electron chi connectivity index (χ3n) is 3.73. The highest BCUT2D eigenvalue weighted by molar-refractivity contribution is 5.31. The van der Waals surface area contributed by atoms with Gasteiger partial charge in [0.2, 0.25) is 0 Å². The zero-order valence-corrected chi connectivity index (χ0v) is 14.4. The molecule has 1 rings (SSSR count). The van der Waals surface area contributed by atoms with Crippen molar-refractivity contribution in [1.29, 1.82) is 0 Å². The van der Waals surface area contributed by atoms with Crippen LogP contribution in [0.2, 0.25) is 0 Å². The fourth-order valence-corrected chi connectivity index (χ4v) is 2.27. The largest absolute Gasteiger partial charge is 0.492 e. The van der Waals surface area contributed by atoms with Crippen molar-refractivity contribution in [2.45, 2.75) is 65.2 Å². The van der Waals surface area contributed by atoms with E-state index in [1.165, 1.54) is 37.7 Å². The Bertz CT molecular complexity index is 364. The van der Waals surface area contributed by atoms with Crippen LogP contribution in [0.1, 0.15) is 65.4 Å². The minimum Gasteiger partial charge on any atom is -0.492 e. The summed E-state index contributed by atoms with van der Waals surface area (Å²) in [5.74, 6) is 0.966. The Morgan fingerprint density at radius 1 is 0.905 bits per heavy atom. The zero-order chi connectivity index (χ0) is 15.6. The lowest BCUT2D eigenvalue weighted by Gasteiger charge is -2.19. The molecule has 1 aromatic carbocycles. The van der Waals surface area contributed by atoms with Gasteiger partial charge in [-0.1, -0.05) is 65.5 Å². The van der Waals surface area contributed by atoms with Crippen LogP contribution in [-0.2, 0) is 5.41 Å². The van der Waals surface area contributed by atoms with Crippen LogP contribution in [0.4, 0.5) is 0 Å². The van der Waals surface area contributed by atoms with E-state index in [2.05, 4.69) is 57.3 Å². The lowest BCUT2D eigenvalue weighted by atomic mass is 9.87. The van der Waals surface area contributed by atoms with Gasteiger partial charge in [0.15, 0.2) is 0 Å². The van der Waals surface area contributed by atoms with Crippen LogP contribution < -0.4 is 10.1 Å². The molecule has 0 saturated heterocycles. The van der Waals surface area contributed by atoms with Gasteiger partial charge >= 0.3 is 0 Å². The Morgan fingerprint density at radius 3 is 2.19 bits per heavy atom. The Morgan fingerprint density at radius 2 is 1.57 bits per heavy atom. The van der Waals surface area contributed by atoms with Crippen molar-refractivity contribution in [3.8, 4) is 5.75 Å². The van der Waals surface area contributed by atoms with Gasteiger partial charge in [0, 0.05) is 6.54 Å². The van der Waals surface area contributed by atoms with Crippen molar-refractivity contribution in [3.05, 3.63) is 29.8 Å². The van der Waals surface area contributed by atoms with E-state index in [0.717, 1.165) is 25.4 Å². The number of hydrogen-bond donors (Lipinski definition) is 1. The van der Waals surface area contributed by atoms with Crippen LogP contribution in [0.3, 0.4) is 0 Å². The highest BCUT2D eigenvalue weighted by Gasteiger charge is 2.12. The smallest absolute Gasteiger partial charge is 0.119 e. The number of ether oxygens (including phenoxy) is 1. The average Bonchev–Trinajstić information content (AvgIpc) is 2.45. The predicted octanol–water partition coefficient (Wildman–Crippen LogP) is 4.92. The molecule has 0 radical (unpaired) electrons. The van der Waals surface area contributed by atoms with Gasteiger partial charge in [0.25, 0.3) is 0 Å². The molecule has 0 spiro atoms. The Kier molecular flexibility index (Phi) is 8.44. The topological polar surface area (TPSA) is 21.3 Å². The molecule has 0 amide bonds. The predicted molar refractivity (Wildman–Crippen MR) is 92.3 cm³/mol. The number of hydrogen-bond acceptors (Lipinski definition) is 2. The summed E-state index contributed by atoms with van der Waals surface area (Å²) in [6, 6.07) is 8.48. The van der Waals surface area contributed by atoms with Crippen LogP contribution in [0.15, 0.2) is 24.3 Å². The lowest BCUT2D eigenvalue weighted by Crippen LogP contribution is -2.22. The molecule has 2 nitrogen and oxygen atoms in total. The van der Waals surface area contributed by atoms with Crippen molar-refractivity contribution < 1.29 is 4.74 Å². The first kappa shape index (κ1) is 18.0. The number of nitrogens with one attached hydrogen (secondary N) is 1. The number of rotatable bonds is 10. The normalized spacial score (nSPS) is 11.6. The maximum Gasteiger partial charge on any atom is 0.119 e. The second-order valence-corrected chi connectivity index (χ2v) is 6.79. The summed E-state index contributed by atoms with van der Waals surface area (Å²) in [7, 11) is 0. The molecule has 0 unspecified atom stereocenters. The van der Waals surface area contributed by atoms with E-state index in [9.17, 15) is 0 Å². The molecule has 0 bridgehead atoms. The molecule has 0 saturated carbocycles. The summed E-state index contributed by atoms with van der Waals surface area (Å²) in [5, 5.41) is 3.44. The first-order valence-corrected chi connectivity index (χ1v) is 8.48. The van der Waals surface area contributed by atoms with Crippen molar-refractivity contribution >= 4 is 0 Å². The van der Waals surface area contributed by atoms with Crippen molar-refractivity contribution in [2.75, 3.05) is 19.7 Å². The van der Waals surface area contributed by atoms with E-state index >= 15 is 0 Å². The monoisotopic (exact) mass is 291 g/mol. The molecule has 0 aromatic heterocycles. The number of unbranched alkanes of at least 4 members (excludes halogenated alkanes) is 4. The zero-order valence-electron chi connectivity index (χ0n) is 14.4. The summed E-state index contributed by atoms with van der Waals surface area (Å²) in [6.07, 6.45) is 6.67. The highest BCUT2D eigenvalue weighted by atomic mass is 16.5. The fraction of sp³-hybridized carbons (Fsp3) is 0.684. The molecule has 0 fully saturated rings. The maximum absolute atomic E-state index is 5.76. The molecule has 2 heteroatoms. The standard InChI is InChI=1S/C19H33NO/c1-5-6-7-8-9-14-20-15-16-21-18-12-10-17(11-13-18)19(2,3)4/h10-13,20H,5-9,14-16H2,1-4H3. The molecule has 21 heavy (non-hydrogen) atoms. The third-order valence-corrected chi connectivity index (χ3v) is 3.73. The van der Waals surface area contributed by atoms with Gasteiger partial charge in [-0.3, -0.25) is 0 Å². The molecular formula is C19H33NO. The molecular weight excluding hydrogens is 258 g/mol. The van der Waals surface area contributed by atoms with Gasteiger partial charge in [0.1, 0.15) is 12.4 Å². The fourth-order valence-electron chi connectivity index (χ4n) is 2.27. The van der Waals surface area contributed by atoms with E-state index in [1.54, 1.807) is 0 Å². The van der Waals surface area contributed by atoms with E-state index in [-0.39, 0.29) is 5.41 Å². The van der Waals surface area contributed by atoms with Gasteiger partial charge in [-0.2, -0.15) is 0 Å². The summed E-state index contributed by atoms with van der Waals surface area (Å²) in [6.45, 7) is 11.7. The molecule has 0 heterocycles. The van der Waals surface area contributed by atoms with Crippen LogP contribution >= 0.6 is 0 Å². The van der Waals surface area contributed by atoms with E-state index < -0.39 is 0 Å². The quantitative estimate of drug-likeness (QED) is 0.618. The minimum atomic E-state index is 0.206. The first-order chi connectivity index (χ1) is 10.0. The maximum atomic E-state index is 5.76. The summed E-state index contributed by atoms with van der Waals surface area (Å²) < 4.78 is 5.76. The lowest BCUT2D eigenvalue weighted by molar-refractivity contribution is 0.313. The molecule has 0 aliphatic carbocycles. The van der Waals surface area contributed by atoms with E-state index in [0.29, 0.717) is 0 Å². The van der Waals surface area contributed by atoms with Gasteiger partial charge in [-0.25, -0.2) is 0 Å². The summed E-state index contributed by atoms with van der Waals surface area (Å²) in [5.41, 5.74) is 1.55. The molecule has 1 N–H and O–H groups in total. The summed E-state index contributed by atoms with van der Waals surface area (Å²) >= 11 is 0. The van der Waals surface area contributed by atoms with Gasteiger partial charge in [-0.05, 0) is 36.1 Å². The minimum absolute atomic E-state index is 0.206. The van der Waals surface area contributed by atoms with Crippen LogP contribution in [0.25, 0.3) is 0 Å². The van der Waals surface area contributed by atoms with Crippen LogP contribution in [0, 0.1) is 0 Å². The summed E-state index contributed by atoms with van der Waals surface area (Å²) in [4.78, 5) is 0. The molecule has 0 aliphatic rings. The Balaban J connectivity index is 2.08. The second kappa shape index (κ2) is 9.83. The van der Waals surface area contributed by atoms with Gasteiger partial charge in [0.05, 0.1) is 0 Å². The molecule has 1 aromatic rings. The Labute approximate surface area is 131 Å². The van der Waals surface area contributed by atoms with E-state index in [1.807, 2.05) is 0 Å². The van der Waals surface area contributed by atoms with Gasteiger partial charge < -0.3 is 10.1 Å². The van der Waals surface area contributed by atoms with Crippen LogP contribution in [0.5, 0.6) is 5.75 Å². The SMILES string of the molecule is CCCCCCCNCCOc1ccc(C(C)(C)C)cc1. The second-order valence-electron chi connectivity index (χ2n) is 6.79. The van der Waals surface area contributed by atoms with E-state index in [4.69, 9.17) is 4.74 Å². The molecule has 0 atom stereocenters.